The molecule has 114 valence electrons. The van der Waals surface area contributed by atoms with Crippen LogP contribution in [0.1, 0.15) is 19.4 Å². The smallest absolute Gasteiger partial charge is 0.336 e. The lowest BCUT2D eigenvalue weighted by molar-refractivity contribution is 0.125. The minimum absolute atomic E-state index is 0.132. The third-order valence-electron chi connectivity index (χ3n) is 3.17. The van der Waals surface area contributed by atoms with Crippen LogP contribution in [0.15, 0.2) is 30.3 Å². The van der Waals surface area contributed by atoms with Gasteiger partial charge in [-0.25, -0.2) is 0 Å². The molecule has 0 radical (unpaired) electrons. The molecule has 1 rings (SSSR count). The number of rotatable bonds is 9. The van der Waals surface area contributed by atoms with E-state index in [9.17, 15) is 5.11 Å². The molecule has 0 aliphatic rings. The first kappa shape index (κ1) is 17.3. The maximum Gasteiger partial charge on any atom is 0.336 e. The summed E-state index contributed by atoms with van der Waals surface area (Å²) < 4.78 is 11.7. The molecule has 0 spiro atoms. The van der Waals surface area contributed by atoms with Crippen molar-refractivity contribution in [2.75, 3.05) is 13.2 Å². The second kappa shape index (κ2) is 8.54. The molecule has 1 aromatic rings. The Hall–Kier alpha value is -0.723. The van der Waals surface area contributed by atoms with Gasteiger partial charge in [0.05, 0.1) is 6.23 Å². The van der Waals surface area contributed by atoms with Crippen LogP contribution in [0, 0.1) is 5.92 Å². The summed E-state index contributed by atoms with van der Waals surface area (Å²) in [5.74, 6) is 0.138. The van der Waals surface area contributed by atoms with E-state index in [0.29, 0.717) is 6.61 Å². The molecule has 5 heteroatoms. The van der Waals surface area contributed by atoms with Gasteiger partial charge in [-0.2, -0.15) is 0 Å². The van der Waals surface area contributed by atoms with Crippen molar-refractivity contribution in [2.45, 2.75) is 39.1 Å². The highest BCUT2D eigenvalue weighted by Crippen LogP contribution is 2.23. The molecule has 4 nitrogen and oxygen atoms in total. The van der Waals surface area contributed by atoms with Gasteiger partial charge in [0, 0.05) is 13.2 Å². The zero-order valence-corrected chi connectivity index (χ0v) is 13.7. The SMILES string of the molecule is CCO[Si](C)(CC(CO)Cc1ccccc1)OC(C)N. The van der Waals surface area contributed by atoms with Gasteiger partial charge in [-0.15, -0.1) is 0 Å². The topological polar surface area (TPSA) is 64.7 Å². The van der Waals surface area contributed by atoms with Gasteiger partial charge in [0.2, 0.25) is 0 Å². The Morgan fingerprint density at radius 2 is 1.95 bits per heavy atom. The highest BCUT2D eigenvalue weighted by Gasteiger charge is 2.35. The Kier molecular flexibility index (Phi) is 7.40. The lowest BCUT2D eigenvalue weighted by atomic mass is 10.0. The second-order valence-electron chi connectivity index (χ2n) is 5.33. The third-order valence-corrected chi connectivity index (χ3v) is 6.26. The molecule has 1 aromatic carbocycles. The van der Waals surface area contributed by atoms with E-state index in [0.717, 1.165) is 12.5 Å². The van der Waals surface area contributed by atoms with Crippen molar-refractivity contribution in [1.82, 2.24) is 0 Å². The van der Waals surface area contributed by atoms with E-state index >= 15 is 0 Å². The zero-order valence-electron chi connectivity index (χ0n) is 12.7. The summed E-state index contributed by atoms with van der Waals surface area (Å²) in [5, 5.41) is 9.63. The summed E-state index contributed by atoms with van der Waals surface area (Å²) in [6, 6.07) is 10.9. The molecule has 3 unspecified atom stereocenters. The van der Waals surface area contributed by atoms with E-state index in [1.165, 1.54) is 5.56 Å². The highest BCUT2D eigenvalue weighted by molar-refractivity contribution is 6.66. The Morgan fingerprint density at radius 1 is 1.30 bits per heavy atom. The summed E-state index contributed by atoms with van der Waals surface area (Å²) in [7, 11) is -2.34. The molecule has 0 bridgehead atoms. The van der Waals surface area contributed by atoms with Crippen molar-refractivity contribution < 1.29 is 14.0 Å². The molecule has 0 saturated carbocycles. The van der Waals surface area contributed by atoms with Crippen LogP contribution in [-0.2, 0) is 15.3 Å². The maximum absolute atomic E-state index is 9.63. The van der Waals surface area contributed by atoms with Crippen LogP contribution in [-0.4, -0.2) is 33.1 Å². The third kappa shape index (κ3) is 6.15. The largest absolute Gasteiger partial charge is 0.396 e. The van der Waals surface area contributed by atoms with Gasteiger partial charge in [-0.3, -0.25) is 0 Å². The molecule has 0 amide bonds. The van der Waals surface area contributed by atoms with Crippen LogP contribution in [0.2, 0.25) is 12.6 Å². The number of hydrogen-bond donors (Lipinski definition) is 2. The Morgan fingerprint density at radius 3 is 2.45 bits per heavy atom. The van der Waals surface area contributed by atoms with Crippen LogP contribution in [0.5, 0.6) is 0 Å². The fourth-order valence-electron chi connectivity index (χ4n) is 2.51. The molecule has 0 aromatic heterocycles. The number of hydrogen-bond acceptors (Lipinski definition) is 4. The summed E-state index contributed by atoms with van der Waals surface area (Å²) in [6.07, 6.45) is 0.490. The van der Waals surface area contributed by atoms with Crippen LogP contribution in [0.3, 0.4) is 0 Å². The Balaban J connectivity index is 2.68. The van der Waals surface area contributed by atoms with Crippen molar-refractivity contribution in [3.8, 4) is 0 Å². The molecule has 0 heterocycles. The quantitative estimate of drug-likeness (QED) is 0.542. The van der Waals surface area contributed by atoms with E-state index in [1.54, 1.807) is 0 Å². The van der Waals surface area contributed by atoms with Crippen molar-refractivity contribution >= 4 is 8.56 Å². The lowest BCUT2D eigenvalue weighted by Gasteiger charge is -2.31. The first-order valence-electron chi connectivity index (χ1n) is 7.21. The maximum atomic E-state index is 9.63. The number of benzene rings is 1. The molecule has 0 fully saturated rings. The van der Waals surface area contributed by atoms with E-state index in [1.807, 2.05) is 38.6 Å². The van der Waals surface area contributed by atoms with Crippen molar-refractivity contribution in [1.29, 1.82) is 0 Å². The van der Waals surface area contributed by atoms with Gasteiger partial charge in [0.15, 0.2) is 0 Å². The average molecular weight is 297 g/mol. The Labute approximate surface area is 123 Å². The molecular formula is C15H27NO3Si. The van der Waals surface area contributed by atoms with Crippen molar-refractivity contribution in [3.63, 3.8) is 0 Å². The van der Waals surface area contributed by atoms with Gasteiger partial charge < -0.3 is 19.7 Å². The van der Waals surface area contributed by atoms with Crippen LogP contribution < -0.4 is 5.73 Å². The zero-order chi connectivity index (χ0) is 15.0. The van der Waals surface area contributed by atoms with Crippen molar-refractivity contribution in [3.05, 3.63) is 35.9 Å². The fraction of sp³-hybridized carbons (Fsp3) is 0.600. The minimum Gasteiger partial charge on any atom is -0.396 e. The summed E-state index contributed by atoms with van der Waals surface area (Å²) in [4.78, 5) is 0. The van der Waals surface area contributed by atoms with Gasteiger partial charge >= 0.3 is 8.56 Å². The predicted octanol–water partition coefficient (Wildman–Crippen LogP) is 2.27. The number of aliphatic hydroxyl groups excluding tert-OH is 1. The van der Waals surface area contributed by atoms with Gasteiger partial charge in [-0.1, -0.05) is 30.3 Å². The second-order valence-corrected chi connectivity index (χ2v) is 8.53. The molecule has 0 aliphatic carbocycles. The lowest BCUT2D eigenvalue weighted by Crippen LogP contribution is -2.46. The molecular weight excluding hydrogens is 270 g/mol. The fourth-order valence-corrected chi connectivity index (χ4v) is 5.51. The minimum atomic E-state index is -2.34. The molecule has 0 aliphatic heterocycles. The first-order chi connectivity index (χ1) is 9.49. The monoisotopic (exact) mass is 297 g/mol. The summed E-state index contributed by atoms with van der Waals surface area (Å²) >= 11 is 0. The molecule has 20 heavy (non-hydrogen) atoms. The first-order valence-corrected chi connectivity index (χ1v) is 9.73. The highest BCUT2D eigenvalue weighted by atomic mass is 28.4. The van der Waals surface area contributed by atoms with Gasteiger partial charge in [-0.05, 0) is 44.3 Å². The van der Waals surface area contributed by atoms with E-state index in [4.69, 9.17) is 14.6 Å². The number of nitrogens with two attached hydrogens (primary N) is 1. The number of aliphatic hydroxyl groups is 1. The van der Waals surface area contributed by atoms with Crippen molar-refractivity contribution in [2.24, 2.45) is 11.7 Å². The molecule has 0 saturated heterocycles. The summed E-state index contributed by atoms with van der Waals surface area (Å²) in [5.41, 5.74) is 6.97. The van der Waals surface area contributed by atoms with E-state index < -0.39 is 8.56 Å². The van der Waals surface area contributed by atoms with E-state index in [-0.39, 0.29) is 18.8 Å². The normalized spacial score (nSPS) is 17.4. The van der Waals surface area contributed by atoms with Crippen LogP contribution >= 0.6 is 0 Å². The average Bonchev–Trinajstić information content (AvgIpc) is 2.38. The van der Waals surface area contributed by atoms with E-state index in [2.05, 4.69) is 12.1 Å². The van der Waals surface area contributed by atoms with Crippen LogP contribution in [0.4, 0.5) is 0 Å². The van der Waals surface area contributed by atoms with Crippen LogP contribution in [0.25, 0.3) is 0 Å². The predicted molar refractivity (Wildman–Crippen MR) is 83.5 cm³/mol. The Bertz CT molecular complexity index is 375. The molecule has 3 atom stereocenters. The van der Waals surface area contributed by atoms with Gasteiger partial charge in [0.25, 0.3) is 0 Å². The summed E-state index contributed by atoms with van der Waals surface area (Å²) in [6.45, 7) is 6.54. The van der Waals surface area contributed by atoms with Gasteiger partial charge in [0.1, 0.15) is 0 Å². The standard InChI is InChI=1S/C15H27NO3Si/c1-4-18-20(3,19-13(2)16)12-15(11-17)10-14-8-6-5-7-9-14/h5-9,13,15,17H,4,10-12,16H2,1-3H3. The molecule has 3 N–H and O–H groups in total.